The molecule has 2 heteroatoms. The van der Waals surface area contributed by atoms with Crippen LogP contribution in [0.1, 0.15) is 113 Å². The van der Waals surface area contributed by atoms with Gasteiger partial charge in [0, 0.05) is 17.9 Å². The average Bonchev–Trinajstić information content (AvgIpc) is 2.81. The van der Waals surface area contributed by atoms with E-state index in [4.69, 9.17) is 0 Å². The minimum absolute atomic E-state index is 0.152. The van der Waals surface area contributed by atoms with Gasteiger partial charge in [-0.15, -0.1) is 0 Å². The zero-order valence-corrected chi connectivity index (χ0v) is 22.4. The van der Waals surface area contributed by atoms with Crippen molar-refractivity contribution in [3.63, 3.8) is 0 Å². The summed E-state index contributed by atoms with van der Waals surface area (Å²) in [4.78, 5) is 0. The Morgan fingerprint density at radius 1 is 0.500 bits per heavy atom. The first-order chi connectivity index (χ1) is 16.2. The molecular weight excluding hydrogens is 412 g/mol. The summed E-state index contributed by atoms with van der Waals surface area (Å²) in [6.07, 6.45) is 0. The minimum atomic E-state index is 0.152. The molecule has 0 aliphatic carbocycles. The molecule has 0 heterocycles. The van der Waals surface area contributed by atoms with E-state index in [1.54, 1.807) is 0 Å². The summed E-state index contributed by atoms with van der Waals surface area (Å²) in [5, 5.41) is 7.90. The Morgan fingerprint density at radius 3 is 1.32 bits per heavy atom. The first-order valence-corrected chi connectivity index (χ1v) is 13.0. The molecule has 0 saturated heterocycles. The molecule has 1 atom stereocenters. The summed E-state index contributed by atoms with van der Waals surface area (Å²) in [6, 6.07) is 24.5. The summed E-state index contributed by atoms with van der Waals surface area (Å²) in [7, 11) is 0. The highest BCUT2D eigenvalue weighted by Crippen LogP contribution is 2.36. The predicted molar refractivity (Wildman–Crippen MR) is 151 cm³/mol. The van der Waals surface area contributed by atoms with E-state index in [0.717, 1.165) is 6.54 Å². The maximum absolute atomic E-state index is 4.00. The van der Waals surface area contributed by atoms with Crippen molar-refractivity contribution in [3.05, 3.63) is 94.5 Å². The fraction of sp³-hybridized carbons (Fsp3) is 0.438. The van der Waals surface area contributed by atoms with Crippen LogP contribution in [0.5, 0.6) is 0 Å². The van der Waals surface area contributed by atoms with Crippen molar-refractivity contribution < 1.29 is 0 Å². The standard InChI is InChI=1S/C32H44N2/c1-21(2)26-16-12-17-27(22(3)4)31(26)33-20-30(25-14-10-9-11-15-25)34-32-28(23(5)6)18-13-19-29(32)24(7)8/h9-19,21-24,30,33-34H,20H2,1-8H3. The van der Waals surface area contributed by atoms with Crippen molar-refractivity contribution in [1.82, 2.24) is 0 Å². The van der Waals surface area contributed by atoms with Gasteiger partial charge in [-0.3, -0.25) is 0 Å². The molecule has 0 saturated carbocycles. The first-order valence-electron chi connectivity index (χ1n) is 13.0. The Morgan fingerprint density at radius 2 is 0.912 bits per heavy atom. The third kappa shape index (κ3) is 6.03. The minimum Gasteiger partial charge on any atom is -0.382 e. The molecule has 0 bridgehead atoms. The van der Waals surface area contributed by atoms with Crippen LogP contribution in [-0.2, 0) is 0 Å². The fourth-order valence-corrected chi connectivity index (χ4v) is 4.79. The van der Waals surface area contributed by atoms with Crippen molar-refractivity contribution in [2.75, 3.05) is 17.2 Å². The van der Waals surface area contributed by atoms with Gasteiger partial charge in [-0.05, 0) is 51.5 Å². The Kier molecular flexibility index (Phi) is 8.83. The lowest BCUT2D eigenvalue weighted by atomic mass is 9.91. The van der Waals surface area contributed by atoms with Crippen LogP contribution in [0, 0.1) is 0 Å². The molecule has 0 radical (unpaired) electrons. The Hall–Kier alpha value is -2.74. The molecular formula is C32H44N2. The molecule has 2 N–H and O–H groups in total. The molecule has 182 valence electrons. The van der Waals surface area contributed by atoms with Gasteiger partial charge < -0.3 is 10.6 Å². The molecule has 0 aliphatic rings. The zero-order chi connectivity index (χ0) is 24.8. The van der Waals surface area contributed by atoms with E-state index >= 15 is 0 Å². The molecule has 0 aliphatic heterocycles. The second-order valence-electron chi connectivity index (χ2n) is 10.7. The topological polar surface area (TPSA) is 24.1 Å². The van der Waals surface area contributed by atoms with Crippen LogP contribution in [0.15, 0.2) is 66.7 Å². The number of benzene rings is 3. The number of nitrogens with one attached hydrogen (secondary N) is 2. The van der Waals surface area contributed by atoms with E-state index in [0.29, 0.717) is 23.7 Å². The van der Waals surface area contributed by atoms with Crippen molar-refractivity contribution >= 4 is 11.4 Å². The van der Waals surface area contributed by atoms with E-state index in [2.05, 4.69) is 133 Å². The summed E-state index contributed by atoms with van der Waals surface area (Å²) in [6.45, 7) is 19.1. The highest BCUT2D eigenvalue weighted by Gasteiger charge is 2.20. The van der Waals surface area contributed by atoms with Crippen LogP contribution in [0.25, 0.3) is 0 Å². The van der Waals surface area contributed by atoms with E-state index in [-0.39, 0.29) is 6.04 Å². The molecule has 0 spiro atoms. The molecule has 3 rings (SSSR count). The van der Waals surface area contributed by atoms with Gasteiger partial charge in [0.2, 0.25) is 0 Å². The summed E-state index contributed by atoms with van der Waals surface area (Å²) >= 11 is 0. The maximum atomic E-state index is 4.00. The molecule has 0 amide bonds. The molecule has 1 unspecified atom stereocenters. The average molecular weight is 457 g/mol. The third-order valence-electron chi connectivity index (χ3n) is 6.75. The SMILES string of the molecule is CC(C)c1cccc(C(C)C)c1NCC(Nc1c(C(C)C)cccc1C(C)C)c1ccccc1. The monoisotopic (exact) mass is 456 g/mol. The normalized spacial score (nSPS) is 12.6. The lowest BCUT2D eigenvalue weighted by molar-refractivity contribution is 0.778. The summed E-state index contributed by atoms with van der Waals surface area (Å²) in [5.41, 5.74) is 9.46. The van der Waals surface area contributed by atoms with Crippen LogP contribution in [0.4, 0.5) is 11.4 Å². The maximum Gasteiger partial charge on any atom is 0.0686 e. The highest BCUT2D eigenvalue weighted by molar-refractivity contribution is 5.63. The molecule has 3 aromatic carbocycles. The van der Waals surface area contributed by atoms with Crippen LogP contribution in [0.2, 0.25) is 0 Å². The van der Waals surface area contributed by atoms with Crippen LogP contribution in [-0.4, -0.2) is 6.54 Å². The molecule has 2 nitrogen and oxygen atoms in total. The number of anilines is 2. The molecule has 34 heavy (non-hydrogen) atoms. The molecule has 3 aromatic rings. The van der Waals surface area contributed by atoms with Gasteiger partial charge in [0.05, 0.1) is 6.04 Å². The Balaban J connectivity index is 2.02. The zero-order valence-electron chi connectivity index (χ0n) is 22.4. The largest absolute Gasteiger partial charge is 0.382 e. The number of hydrogen-bond donors (Lipinski definition) is 2. The van der Waals surface area contributed by atoms with Gasteiger partial charge >= 0.3 is 0 Å². The summed E-state index contributed by atoms with van der Waals surface area (Å²) in [5.74, 6) is 1.86. The van der Waals surface area contributed by atoms with Gasteiger partial charge in [0.25, 0.3) is 0 Å². The molecule has 0 fully saturated rings. The van der Waals surface area contributed by atoms with Gasteiger partial charge in [-0.1, -0.05) is 122 Å². The smallest absolute Gasteiger partial charge is 0.0686 e. The van der Waals surface area contributed by atoms with E-state index in [9.17, 15) is 0 Å². The summed E-state index contributed by atoms with van der Waals surface area (Å²) < 4.78 is 0. The second kappa shape index (κ2) is 11.6. The first kappa shape index (κ1) is 25.9. The predicted octanol–water partition coefficient (Wildman–Crippen LogP) is 9.45. The lowest BCUT2D eigenvalue weighted by Gasteiger charge is -2.29. The van der Waals surface area contributed by atoms with E-state index in [1.807, 2.05) is 0 Å². The second-order valence-corrected chi connectivity index (χ2v) is 10.7. The van der Waals surface area contributed by atoms with Crippen LogP contribution >= 0.6 is 0 Å². The van der Waals surface area contributed by atoms with Crippen molar-refractivity contribution in [2.24, 2.45) is 0 Å². The quantitative estimate of drug-likeness (QED) is 0.317. The number of para-hydroxylation sites is 2. The number of rotatable bonds is 10. The lowest BCUT2D eigenvalue weighted by Crippen LogP contribution is -2.23. The van der Waals surface area contributed by atoms with Gasteiger partial charge in [-0.25, -0.2) is 0 Å². The van der Waals surface area contributed by atoms with Crippen LogP contribution in [0.3, 0.4) is 0 Å². The Labute approximate surface area is 208 Å². The van der Waals surface area contributed by atoms with Crippen LogP contribution < -0.4 is 10.6 Å². The van der Waals surface area contributed by atoms with E-state index in [1.165, 1.54) is 39.2 Å². The van der Waals surface area contributed by atoms with Crippen molar-refractivity contribution in [2.45, 2.75) is 85.1 Å². The van der Waals surface area contributed by atoms with Gasteiger partial charge in [0.1, 0.15) is 0 Å². The molecule has 0 aromatic heterocycles. The third-order valence-corrected chi connectivity index (χ3v) is 6.75. The van der Waals surface area contributed by atoms with Crippen molar-refractivity contribution in [3.8, 4) is 0 Å². The highest BCUT2D eigenvalue weighted by atomic mass is 15.0. The van der Waals surface area contributed by atoms with Gasteiger partial charge in [0.15, 0.2) is 0 Å². The van der Waals surface area contributed by atoms with E-state index < -0.39 is 0 Å². The fourth-order valence-electron chi connectivity index (χ4n) is 4.79. The Bertz CT molecular complexity index is 995. The van der Waals surface area contributed by atoms with Crippen molar-refractivity contribution in [1.29, 1.82) is 0 Å². The van der Waals surface area contributed by atoms with Gasteiger partial charge in [-0.2, -0.15) is 0 Å². The number of hydrogen-bond acceptors (Lipinski definition) is 2.